The Kier molecular flexibility index (Phi) is 4.43. The van der Waals surface area contributed by atoms with Crippen LogP contribution < -0.4 is 10.2 Å². The van der Waals surface area contributed by atoms with Crippen LogP contribution in [0.4, 0.5) is 10.5 Å². The number of nitrogens with zero attached hydrogens (tertiary/aromatic N) is 3. The molecule has 134 valence electrons. The van der Waals surface area contributed by atoms with Crippen LogP contribution in [-0.4, -0.2) is 47.6 Å². The third-order valence-corrected chi connectivity index (χ3v) is 4.27. The Morgan fingerprint density at radius 3 is 2.28 bits per heavy atom. The standard InChI is InChI=1S/C18H24N3O4/c1-18(2,3)24-17(23)19-11-13-21(14-12-19,15-7-5-4-6-8-15)20-10-9-16(22)25-20/h4-10H,11-14H2,1-3H3/q+1. The number of piperazine rings is 1. The molecule has 25 heavy (non-hydrogen) atoms. The third-order valence-electron chi connectivity index (χ3n) is 4.27. The summed E-state index contributed by atoms with van der Waals surface area (Å²) in [4.78, 5) is 27.1. The lowest BCUT2D eigenvalue weighted by atomic mass is 10.2. The van der Waals surface area contributed by atoms with Crippen LogP contribution in [0.5, 0.6) is 0 Å². The van der Waals surface area contributed by atoms with Crippen molar-refractivity contribution in [2.75, 3.05) is 26.2 Å². The minimum absolute atomic E-state index is 0.313. The van der Waals surface area contributed by atoms with Crippen molar-refractivity contribution in [3.8, 4) is 0 Å². The van der Waals surface area contributed by atoms with E-state index >= 15 is 0 Å². The Balaban J connectivity index is 1.85. The largest absolute Gasteiger partial charge is 0.444 e. The van der Waals surface area contributed by atoms with E-state index in [9.17, 15) is 9.59 Å². The maximum atomic E-state index is 12.3. The number of carbonyl (C=O) groups is 1. The third kappa shape index (κ3) is 3.61. The number of carbonyl (C=O) groups excluding carboxylic acids is 1. The summed E-state index contributed by atoms with van der Waals surface area (Å²) in [6.07, 6.45) is 1.34. The summed E-state index contributed by atoms with van der Waals surface area (Å²) < 4.78 is 11.2. The molecule has 1 amide bonds. The van der Waals surface area contributed by atoms with E-state index < -0.39 is 5.60 Å². The van der Waals surface area contributed by atoms with E-state index in [1.165, 1.54) is 6.07 Å². The van der Waals surface area contributed by atoms with E-state index in [0.717, 1.165) is 5.69 Å². The minimum atomic E-state index is -0.521. The number of para-hydroxylation sites is 1. The van der Waals surface area contributed by atoms with Crippen LogP contribution in [0, 0.1) is 0 Å². The van der Waals surface area contributed by atoms with Crippen molar-refractivity contribution in [1.29, 1.82) is 0 Å². The zero-order valence-corrected chi connectivity index (χ0v) is 14.8. The molecule has 0 spiro atoms. The molecule has 2 aromatic rings. The van der Waals surface area contributed by atoms with Gasteiger partial charge in [-0.3, -0.25) is 9.42 Å². The molecule has 1 aliphatic heterocycles. The van der Waals surface area contributed by atoms with E-state index in [0.29, 0.717) is 30.8 Å². The molecule has 1 aromatic heterocycles. The molecule has 3 rings (SSSR count). The highest BCUT2D eigenvalue weighted by atomic mass is 16.6. The van der Waals surface area contributed by atoms with Crippen LogP contribution in [0.15, 0.2) is 51.9 Å². The van der Waals surface area contributed by atoms with Crippen molar-refractivity contribution >= 4 is 11.8 Å². The van der Waals surface area contributed by atoms with Crippen molar-refractivity contribution in [2.45, 2.75) is 26.4 Å². The minimum Gasteiger partial charge on any atom is -0.444 e. The monoisotopic (exact) mass is 346 g/mol. The highest BCUT2D eigenvalue weighted by molar-refractivity contribution is 5.68. The Morgan fingerprint density at radius 1 is 1.12 bits per heavy atom. The second-order valence-electron chi connectivity index (χ2n) is 7.20. The van der Waals surface area contributed by atoms with Gasteiger partial charge in [0.2, 0.25) is 0 Å². The maximum Gasteiger partial charge on any atom is 0.410 e. The normalized spacial score (nSPS) is 17.3. The van der Waals surface area contributed by atoms with E-state index in [1.807, 2.05) is 51.1 Å². The van der Waals surface area contributed by atoms with Gasteiger partial charge in [0.05, 0.1) is 19.2 Å². The van der Waals surface area contributed by atoms with Crippen molar-refractivity contribution in [3.05, 3.63) is 53.0 Å². The highest BCUT2D eigenvalue weighted by Crippen LogP contribution is 2.27. The molecule has 1 aromatic carbocycles. The number of amides is 1. The Bertz CT molecular complexity index is 780. The number of ether oxygens (including phenoxy) is 1. The molecule has 0 saturated carbocycles. The smallest absolute Gasteiger partial charge is 0.410 e. The van der Waals surface area contributed by atoms with Gasteiger partial charge >= 0.3 is 11.7 Å². The van der Waals surface area contributed by atoms with Gasteiger partial charge in [-0.25, -0.2) is 9.59 Å². The highest BCUT2D eigenvalue weighted by Gasteiger charge is 2.41. The van der Waals surface area contributed by atoms with Crippen LogP contribution >= 0.6 is 0 Å². The Morgan fingerprint density at radius 2 is 1.76 bits per heavy atom. The van der Waals surface area contributed by atoms with Crippen molar-refractivity contribution in [3.63, 3.8) is 0 Å². The van der Waals surface area contributed by atoms with Gasteiger partial charge in [-0.1, -0.05) is 18.2 Å². The fourth-order valence-electron chi connectivity index (χ4n) is 3.06. The first-order valence-electron chi connectivity index (χ1n) is 8.41. The van der Waals surface area contributed by atoms with Gasteiger partial charge in [0.1, 0.15) is 24.9 Å². The lowest BCUT2D eigenvalue weighted by molar-refractivity contribution is -0.0107. The van der Waals surface area contributed by atoms with E-state index in [-0.39, 0.29) is 11.7 Å². The molecular formula is C18H24N3O4+. The molecule has 0 bridgehead atoms. The molecule has 0 N–H and O–H groups in total. The summed E-state index contributed by atoms with van der Waals surface area (Å²) in [7, 11) is 0. The molecule has 0 aliphatic carbocycles. The molecule has 7 heteroatoms. The summed E-state index contributed by atoms with van der Waals surface area (Å²) in [6.45, 7) is 7.74. The Labute approximate surface area is 146 Å². The van der Waals surface area contributed by atoms with E-state index in [4.69, 9.17) is 9.26 Å². The van der Waals surface area contributed by atoms with Crippen LogP contribution in [0.2, 0.25) is 0 Å². The van der Waals surface area contributed by atoms with Crippen LogP contribution in [0.25, 0.3) is 0 Å². The summed E-state index contributed by atoms with van der Waals surface area (Å²) >= 11 is 0. The van der Waals surface area contributed by atoms with Crippen LogP contribution in [0.3, 0.4) is 0 Å². The lowest BCUT2D eigenvalue weighted by Gasteiger charge is -2.41. The average Bonchev–Trinajstić information content (AvgIpc) is 3.01. The van der Waals surface area contributed by atoms with Gasteiger partial charge < -0.3 is 4.74 Å². The summed E-state index contributed by atoms with van der Waals surface area (Å²) in [5.74, 6) is 0. The summed E-state index contributed by atoms with van der Waals surface area (Å²) in [5, 5.41) is 0. The number of quaternary nitrogens is 1. The van der Waals surface area contributed by atoms with Crippen LogP contribution in [0.1, 0.15) is 20.8 Å². The van der Waals surface area contributed by atoms with Crippen molar-refractivity contribution < 1.29 is 14.1 Å². The zero-order valence-electron chi connectivity index (χ0n) is 14.8. The fraction of sp³-hybridized carbons (Fsp3) is 0.444. The second kappa shape index (κ2) is 6.40. The number of hydrogen-bond acceptors (Lipinski definition) is 4. The van der Waals surface area contributed by atoms with Gasteiger partial charge in [0.25, 0.3) is 0 Å². The fourth-order valence-corrected chi connectivity index (χ4v) is 3.06. The molecule has 1 fully saturated rings. The lowest BCUT2D eigenvalue weighted by Crippen LogP contribution is -2.64. The zero-order chi connectivity index (χ0) is 18.1. The molecule has 1 saturated heterocycles. The molecule has 0 radical (unpaired) electrons. The molecule has 2 heterocycles. The SMILES string of the molecule is CC(C)(C)OC(=O)N1CC[N+](c2ccccc2)(n2ccc(=O)o2)CC1. The van der Waals surface area contributed by atoms with Crippen molar-refractivity contribution in [1.82, 2.24) is 14.3 Å². The first-order chi connectivity index (χ1) is 11.8. The van der Waals surface area contributed by atoms with Gasteiger partial charge in [-0.05, 0) is 25.6 Å². The first-order valence-corrected chi connectivity index (χ1v) is 8.41. The first kappa shape index (κ1) is 17.3. The van der Waals surface area contributed by atoms with Gasteiger partial charge in [0, 0.05) is 12.1 Å². The number of benzene rings is 1. The molecule has 0 atom stereocenters. The predicted octanol–water partition coefficient (Wildman–Crippen LogP) is 2.46. The Hall–Kier alpha value is -2.54. The number of rotatable bonds is 2. The maximum absolute atomic E-state index is 12.3. The number of hydrogen-bond donors (Lipinski definition) is 0. The van der Waals surface area contributed by atoms with Gasteiger partial charge in [-0.15, -0.1) is 0 Å². The molecule has 0 unspecified atom stereocenters. The van der Waals surface area contributed by atoms with E-state index in [2.05, 4.69) is 0 Å². The molecule has 1 aliphatic rings. The average molecular weight is 346 g/mol. The van der Waals surface area contributed by atoms with Crippen molar-refractivity contribution in [2.24, 2.45) is 0 Å². The van der Waals surface area contributed by atoms with Crippen LogP contribution in [-0.2, 0) is 4.74 Å². The van der Waals surface area contributed by atoms with Gasteiger partial charge in [0.15, 0.2) is 5.69 Å². The topological polar surface area (TPSA) is 64.7 Å². The molecular weight excluding hydrogens is 322 g/mol. The number of aromatic nitrogens is 1. The molecule has 7 nitrogen and oxygen atoms in total. The summed E-state index contributed by atoms with van der Waals surface area (Å²) in [5.41, 5.74) is 0.0985. The van der Waals surface area contributed by atoms with Gasteiger partial charge in [-0.2, -0.15) is 4.59 Å². The predicted molar refractivity (Wildman–Crippen MR) is 94.1 cm³/mol. The quantitative estimate of drug-likeness (QED) is 0.784. The van der Waals surface area contributed by atoms with E-state index in [1.54, 1.807) is 15.9 Å². The summed E-state index contributed by atoms with van der Waals surface area (Å²) in [6, 6.07) is 11.3. The second-order valence-corrected chi connectivity index (χ2v) is 7.20.